The average Bonchev–Trinajstić information content (AvgIpc) is 2.82. The van der Waals surface area contributed by atoms with Crippen LogP contribution in [0.5, 0.6) is 0 Å². The molecule has 0 saturated carbocycles. The number of nitrogens with one attached hydrogen (secondary N) is 1. The fourth-order valence-corrected chi connectivity index (χ4v) is 2.51. The predicted molar refractivity (Wildman–Crippen MR) is 76.3 cm³/mol. The molecule has 1 amide bonds. The summed E-state index contributed by atoms with van der Waals surface area (Å²) in [6, 6.07) is 8.05. The lowest BCUT2D eigenvalue weighted by Crippen LogP contribution is -2.36. The SMILES string of the molecule is CC1Cc2ccccc2N1C(=O)c1cnc(NN)cn1. The minimum Gasteiger partial charge on any atom is -0.307 e. The number of nitrogen functional groups attached to an aromatic ring is 1. The molecule has 20 heavy (non-hydrogen) atoms. The molecule has 1 aliphatic rings. The molecule has 3 N–H and O–H groups in total. The first kappa shape index (κ1) is 12.6. The van der Waals surface area contributed by atoms with E-state index in [0.717, 1.165) is 12.1 Å². The molecule has 6 heteroatoms. The van der Waals surface area contributed by atoms with Crippen LogP contribution in [0.4, 0.5) is 11.5 Å². The number of carbonyl (C=O) groups is 1. The summed E-state index contributed by atoms with van der Waals surface area (Å²) < 4.78 is 0. The van der Waals surface area contributed by atoms with Crippen molar-refractivity contribution in [1.29, 1.82) is 0 Å². The number of carbonyl (C=O) groups excluding carboxylic acids is 1. The number of anilines is 2. The van der Waals surface area contributed by atoms with Crippen LogP contribution in [-0.4, -0.2) is 21.9 Å². The third kappa shape index (κ3) is 2.00. The van der Waals surface area contributed by atoms with E-state index in [4.69, 9.17) is 5.84 Å². The van der Waals surface area contributed by atoms with Gasteiger partial charge in [0.25, 0.3) is 5.91 Å². The number of rotatable bonds is 2. The van der Waals surface area contributed by atoms with Crippen LogP contribution in [-0.2, 0) is 6.42 Å². The van der Waals surface area contributed by atoms with E-state index >= 15 is 0 Å². The van der Waals surface area contributed by atoms with Crippen LogP contribution in [0.1, 0.15) is 23.0 Å². The van der Waals surface area contributed by atoms with Gasteiger partial charge in [0.15, 0.2) is 5.82 Å². The van der Waals surface area contributed by atoms with Crippen LogP contribution in [0.2, 0.25) is 0 Å². The number of hydrazine groups is 1. The smallest absolute Gasteiger partial charge is 0.278 e. The lowest BCUT2D eigenvalue weighted by atomic mass is 10.1. The molecule has 0 radical (unpaired) electrons. The van der Waals surface area contributed by atoms with Crippen molar-refractivity contribution in [3.8, 4) is 0 Å². The predicted octanol–water partition coefficient (Wildman–Crippen LogP) is 1.35. The summed E-state index contributed by atoms with van der Waals surface area (Å²) in [6.45, 7) is 2.03. The van der Waals surface area contributed by atoms with Crippen molar-refractivity contribution in [3.63, 3.8) is 0 Å². The van der Waals surface area contributed by atoms with Gasteiger partial charge < -0.3 is 10.3 Å². The third-order valence-electron chi connectivity index (χ3n) is 3.44. The minimum absolute atomic E-state index is 0.119. The standard InChI is InChI=1S/C14H15N5O/c1-9-6-10-4-2-3-5-12(10)19(9)14(20)11-7-17-13(18-15)8-16-11/h2-5,7-9H,6,15H2,1H3,(H,17,18). The van der Waals surface area contributed by atoms with E-state index in [2.05, 4.69) is 15.4 Å². The maximum Gasteiger partial charge on any atom is 0.278 e. The average molecular weight is 269 g/mol. The van der Waals surface area contributed by atoms with Gasteiger partial charge in [-0.25, -0.2) is 15.8 Å². The van der Waals surface area contributed by atoms with Crippen molar-refractivity contribution in [2.45, 2.75) is 19.4 Å². The van der Waals surface area contributed by atoms with E-state index in [-0.39, 0.29) is 11.9 Å². The van der Waals surface area contributed by atoms with E-state index in [0.29, 0.717) is 11.5 Å². The molecule has 0 aliphatic carbocycles. The molecule has 0 fully saturated rings. The Morgan fingerprint density at radius 3 is 2.85 bits per heavy atom. The summed E-state index contributed by atoms with van der Waals surface area (Å²) in [7, 11) is 0. The van der Waals surface area contributed by atoms with Crippen molar-refractivity contribution >= 4 is 17.4 Å². The zero-order chi connectivity index (χ0) is 14.1. The third-order valence-corrected chi connectivity index (χ3v) is 3.44. The molecule has 1 unspecified atom stereocenters. The highest BCUT2D eigenvalue weighted by Crippen LogP contribution is 2.32. The van der Waals surface area contributed by atoms with Gasteiger partial charge in [0.1, 0.15) is 5.69 Å². The molecule has 102 valence electrons. The first-order valence-corrected chi connectivity index (χ1v) is 6.41. The molecule has 1 aliphatic heterocycles. The highest BCUT2D eigenvalue weighted by molar-refractivity contribution is 6.06. The van der Waals surface area contributed by atoms with E-state index in [1.807, 2.05) is 31.2 Å². The van der Waals surface area contributed by atoms with Gasteiger partial charge in [-0.3, -0.25) is 4.79 Å². The Balaban J connectivity index is 1.94. The fraction of sp³-hybridized carbons (Fsp3) is 0.214. The van der Waals surface area contributed by atoms with Crippen LogP contribution in [0, 0.1) is 0 Å². The maximum absolute atomic E-state index is 12.6. The Labute approximate surface area is 116 Å². The largest absolute Gasteiger partial charge is 0.307 e. The molecule has 2 heterocycles. The molecule has 1 atom stereocenters. The minimum atomic E-state index is -0.140. The van der Waals surface area contributed by atoms with Crippen LogP contribution in [0.3, 0.4) is 0 Å². The van der Waals surface area contributed by atoms with Gasteiger partial charge in [-0.15, -0.1) is 0 Å². The highest BCUT2D eigenvalue weighted by atomic mass is 16.2. The number of nitrogens with zero attached hydrogens (tertiary/aromatic N) is 3. The number of hydrogen-bond donors (Lipinski definition) is 2. The number of aromatic nitrogens is 2. The monoisotopic (exact) mass is 269 g/mol. The Morgan fingerprint density at radius 2 is 2.15 bits per heavy atom. The zero-order valence-corrected chi connectivity index (χ0v) is 11.1. The molecule has 0 saturated heterocycles. The quantitative estimate of drug-likeness (QED) is 0.635. The maximum atomic E-state index is 12.6. The lowest BCUT2D eigenvalue weighted by molar-refractivity contribution is 0.0976. The topological polar surface area (TPSA) is 84.1 Å². The second-order valence-corrected chi connectivity index (χ2v) is 4.79. The van der Waals surface area contributed by atoms with Crippen LogP contribution >= 0.6 is 0 Å². The van der Waals surface area contributed by atoms with E-state index in [9.17, 15) is 4.79 Å². The lowest BCUT2D eigenvalue weighted by Gasteiger charge is -2.22. The molecule has 1 aromatic carbocycles. The Morgan fingerprint density at radius 1 is 1.35 bits per heavy atom. The number of amides is 1. The van der Waals surface area contributed by atoms with Gasteiger partial charge in [0.2, 0.25) is 0 Å². The molecule has 0 bridgehead atoms. The summed E-state index contributed by atoms with van der Waals surface area (Å²) in [5, 5.41) is 0. The second-order valence-electron chi connectivity index (χ2n) is 4.79. The molecule has 1 aromatic heterocycles. The van der Waals surface area contributed by atoms with Gasteiger partial charge in [0.05, 0.1) is 12.4 Å². The van der Waals surface area contributed by atoms with Crippen molar-refractivity contribution < 1.29 is 4.79 Å². The van der Waals surface area contributed by atoms with E-state index in [1.54, 1.807) is 4.90 Å². The first-order chi connectivity index (χ1) is 9.70. The number of nitrogens with two attached hydrogens (primary N) is 1. The number of fused-ring (bicyclic) bond motifs is 1. The molecular formula is C14H15N5O. The van der Waals surface area contributed by atoms with Gasteiger partial charge in [-0.1, -0.05) is 18.2 Å². The van der Waals surface area contributed by atoms with E-state index < -0.39 is 0 Å². The Hall–Kier alpha value is -2.47. The van der Waals surface area contributed by atoms with Crippen LogP contribution in [0.15, 0.2) is 36.7 Å². The summed E-state index contributed by atoms with van der Waals surface area (Å²) in [6.07, 6.45) is 3.74. The molecular weight excluding hydrogens is 254 g/mol. The van der Waals surface area contributed by atoms with E-state index in [1.165, 1.54) is 18.0 Å². The Bertz CT molecular complexity index is 640. The van der Waals surface area contributed by atoms with Crippen LogP contribution < -0.4 is 16.2 Å². The Kier molecular flexibility index (Phi) is 3.08. The van der Waals surface area contributed by atoms with Crippen molar-refractivity contribution in [3.05, 3.63) is 47.9 Å². The van der Waals surface area contributed by atoms with Gasteiger partial charge in [-0.05, 0) is 25.0 Å². The van der Waals surface area contributed by atoms with Gasteiger partial charge in [-0.2, -0.15) is 0 Å². The molecule has 6 nitrogen and oxygen atoms in total. The summed E-state index contributed by atoms with van der Waals surface area (Å²) in [5.41, 5.74) is 4.83. The van der Waals surface area contributed by atoms with Crippen LogP contribution in [0.25, 0.3) is 0 Å². The molecule has 0 spiro atoms. The molecule has 3 rings (SSSR count). The summed E-state index contributed by atoms with van der Waals surface area (Å²) in [5.74, 6) is 5.52. The number of para-hydroxylation sites is 1. The number of hydrogen-bond acceptors (Lipinski definition) is 5. The number of benzene rings is 1. The van der Waals surface area contributed by atoms with Gasteiger partial charge in [0, 0.05) is 11.7 Å². The summed E-state index contributed by atoms with van der Waals surface area (Å²) >= 11 is 0. The van der Waals surface area contributed by atoms with Gasteiger partial charge >= 0.3 is 0 Å². The second kappa shape index (κ2) is 4.90. The fourth-order valence-electron chi connectivity index (χ4n) is 2.51. The molecule has 2 aromatic rings. The summed E-state index contributed by atoms with van der Waals surface area (Å²) in [4.78, 5) is 22.5. The van der Waals surface area contributed by atoms with Crippen molar-refractivity contribution in [2.75, 3.05) is 10.3 Å². The first-order valence-electron chi connectivity index (χ1n) is 6.41. The normalized spacial score (nSPS) is 16.9. The van der Waals surface area contributed by atoms with Crippen molar-refractivity contribution in [1.82, 2.24) is 9.97 Å². The zero-order valence-electron chi connectivity index (χ0n) is 11.1. The highest BCUT2D eigenvalue weighted by Gasteiger charge is 2.31. The van der Waals surface area contributed by atoms with Crippen molar-refractivity contribution in [2.24, 2.45) is 5.84 Å².